The molecule has 1 N–H and O–H groups in total. The number of amides is 1. The maximum Gasteiger partial charge on any atom is 0.244 e. The van der Waals surface area contributed by atoms with Gasteiger partial charge in [-0.05, 0) is 13.3 Å². The van der Waals surface area contributed by atoms with Gasteiger partial charge in [0.1, 0.15) is 5.01 Å². The minimum absolute atomic E-state index is 0.245. The second kappa shape index (κ2) is 6.23. The van der Waals surface area contributed by atoms with Gasteiger partial charge in [0.25, 0.3) is 0 Å². The summed E-state index contributed by atoms with van der Waals surface area (Å²) in [4.78, 5) is 15.9. The first-order chi connectivity index (χ1) is 7.69. The van der Waals surface area contributed by atoms with Gasteiger partial charge < -0.3 is 5.32 Å². The highest BCUT2D eigenvalue weighted by Gasteiger charge is 2.22. The number of carbonyl (C=O) groups is 1. The lowest BCUT2D eigenvalue weighted by Crippen LogP contribution is -2.29. The Labute approximate surface area is 99.3 Å². The van der Waals surface area contributed by atoms with Gasteiger partial charge in [-0.1, -0.05) is 13.3 Å². The van der Waals surface area contributed by atoms with E-state index in [-0.39, 0.29) is 5.91 Å². The summed E-state index contributed by atoms with van der Waals surface area (Å²) >= 11 is 1.36. The van der Waals surface area contributed by atoms with Crippen molar-refractivity contribution in [3.05, 3.63) is 16.1 Å². The topological polar surface area (TPSA) is 65.8 Å². The summed E-state index contributed by atoms with van der Waals surface area (Å²) in [5.74, 6) is -1.01. The van der Waals surface area contributed by atoms with Gasteiger partial charge in [-0.25, -0.2) is 4.98 Å². The molecular weight excluding hydrogens is 222 g/mol. The number of nitrogens with zero attached hydrogens (tertiary/aromatic N) is 2. The number of aromatic nitrogens is 1. The lowest BCUT2D eigenvalue weighted by Gasteiger charge is -2.06. The zero-order valence-corrected chi connectivity index (χ0v) is 10.3. The average Bonchev–Trinajstić information content (AvgIpc) is 2.66. The number of thiazole rings is 1. The number of aryl methyl sites for hydroxylation is 1. The van der Waals surface area contributed by atoms with Crippen LogP contribution in [-0.4, -0.2) is 17.4 Å². The molecule has 0 aliphatic rings. The Kier molecular flexibility index (Phi) is 4.93. The van der Waals surface area contributed by atoms with Crippen molar-refractivity contribution in [3.63, 3.8) is 0 Å². The summed E-state index contributed by atoms with van der Waals surface area (Å²) in [5.41, 5.74) is 0.849. The monoisotopic (exact) mass is 237 g/mol. The molecular formula is C11H15N3OS. The van der Waals surface area contributed by atoms with Crippen molar-refractivity contribution in [2.24, 2.45) is 0 Å². The molecule has 0 saturated heterocycles. The Bertz CT molecular complexity index is 394. The van der Waals surface area contributed by atoms with E-state index in [0.29, 0.717) is 11.6 Å². The zero-order valence-electron chi connectivity index (χ0n) is 9.49. The van der Waals surface area contributed by atoms with Crippen LogP contribution in [0.15, 0.2) is 5.38 Å². The van der Waals surface area contributed by atoms with Crippen LogP contribution in [0.4, 0.5) is 0 Å². The smallest absolute Gasteiger partial charge is 0.244 e. The van der Waals surface area contributed by atoms with Crippen LogP contribution < -0.4 is 5.32 Å². The predicted octanol–water partition coefficient (Wildman–Crippen LogP) is 1.98. The predicted molar refractivity (Wildman–Crippen MR) is 63.1 cm³/mol. The number of hydrogen-bond donors (Lipinski definition) is 1. The number of nitrogens with one attached hydrogen (secondary N) is 1. The standard InChI is InChI=1S/C11H15N3OS/c1-3-4-5-13-10(15)9(6-12)11-14-8(2)7-16-11/h7,9H,3-5H2,1-2H3,(H,13,15). The fraction of sp³-hybridized carbons (Fsp3) is 0.545. The van der Waals surface area contributed by atoms with Gasteiger partial charge in [0.2, 0.25) is 5.91 Å². The molecule has 1 atom stereocenters. The van der Waals surface area contributed by atoms with Crippen molar-refractivity contribution < 1.29 is 4.79 Å². The lowest BCUT2D eigenvalue weighted by molar-refractivity contribution is -0.121. The quantitative estimate of drug-likeness (QED) is 0.796. The molecule has 0 aromatic carbocycles. The van der Waals surface area contributed by atoms with Gasteiger partial charge in [-0.3, -0.25) is 4.79 Å². The van der Waals surface area contributed by atoms with E-state index in [0.717, 1.165) is 18.5 Å². The third-order valence-electron chi connectivity index (χ3n) is 2.10. The summed E-state index contributed by atoms with van der Waals surface area (Å²) in [5, 5.41) is 14.1. The number of unbranched alkanes of at least 4 members (excludes halogenated alkanes) is 1. The van der Waals surface area contributed by atoms with E-state index in [1.807, 2.05) is 18.4 Å². The Morgan fingerprint density at radius 3 is 3.00 bits per heavy atom. The molecule has 0 saturated carbocycles. The second-order valence-electron chi connectivity index (χ2n) is 3.53. The minimum atomic E-state index is -0.768. The van der Waals surface area contributed by atoms with Crippen LogP contribution >= 0.6 is 11.3 Å². The zero-order chi connectivity index (χ0) is 12.0. The first-order valence-electron chi connectivity index (χ1n) is 5.28. The van der Waals surface area contributed by atoms with Crippen molar-refractivity contribution in [3.8, 4) is 6.07 Å². The van der Waals surface area contributed by atoms with E-state index in [1.165, 1.54) is 11.3 Å². The maximum absolute atomic E-state index is 11.7. The number of hydrogen-bond acceptors (Lipinski definition) is 4. The van der Waals surface area contributed by atoms with Gasteiger partial charge in [0.15, 0.2) is 5.92 Å². The molecule has 4 nitrogen and oxygen atoms in total. The summed E-state index contributed by atoms with van der Waals surface area (Å²) in [6, 6.07) is 1.99. The van der Waals surface area contributed by atoms with Crippen LogP contribution in [0.5, 0.6) is 0 Å². The van der Waals surface area contributed by atoms with Gasteiger partial charge >= 0.3 is 0 Å². The Morgan fingerprint density at radius 1 is 1.75 bits per heavy atom. The van der Waals surface area contributed by atoms with E-state index in [1.54, 1.807) is 0 Å². The molecule has 1 unspecified atom stereocenters. The van der Waals surface area contributed by atoms with E-state index in [4.69, 9.17) is 5.26 Å². The molecule has 1 amide bonds. The minimum Gasteiger partial charge on any atom is -0.355 e. The molecule has 1 aromatic rings. The first kappa shape index (κ1) is 12.7. The normalized spacial score (nSPS) is 11.8. The third-order valence-corrected chi connectivity index (χ3v) is 3.13. The van der Waals surface area contributed by atoms with Crippen molar-refractivity contribution in [2.75, 3.05) is 6.54 Å². The number of nitriles is 1. The number of carbonyl (C=O) groups excluding carboxylic acids is 1. The SMILES string of the molecule is CCCCNC(=O)C(C#N)c1nc(C)cs1. The molecule has 1 heterocycles. The molecule has 0 spiro atoms. The Hall–Kier alpha value is -1.41. The molecule has 16 heavy (non-hydrogen) atoms. The maximum atomic E-state index is 11.7. The van der Waals surface area contributed by atoms with Crippen LogP contribution in [0.25, 0.3) is 0 Å². The van der Waals surface area contributed by atoms with E-state index in [2.05, 4.69) is 17.2 Å². The Morgan fingerprint density at radius 2 is 2.50 bits per heavy atom. The number of rotatable bonds is 5. The third kappa shape index (κ3) is 3.31. The average molecular weight is 237 g/mol. The molecule has 0 fully saturated rings. The highest BCUT2D eigenvalue weighted by Crippen LogP contribution is 2.19. The van der Waals surface area contributed by atoms with E-state index >= 15 is 0 Å². The van der Waals surface area contributed by atoms with Crippen LogP contribution in [0.1, 0.15) is 36.4 Å². The van der Waals surface area contributed by atoms with Gasteiger partial charge in [0.05, 0.1) is 6.07 Å². The molecule has 86 valence electrons. The molecule has 1 rings (SSSR count). The van der Waals surface area contributed by atoms with Crippen molar-refractivity contribution in [1.82, 2.24) is 10.3 Å². The van der Waals surface area contributed by atoms with Crippen LogP contribution in [0, 0.1) is 18.3 Å². The molecule has 0 bridgehead atoms. The van der Waals surface area contributed by atoms with Crippen LogP contribution in [0.3, 0.4) is 0 Å². The highest BCUT2D eigenvalue weighted by atomic mass is 32.1. The fourth-order valence-electron chi connectivity index (χ4n) is 1.22. The van der Waals surface area contributed by atoms with E-state index in [9.17, 15) is 4.79 Å². The summed E-state index contributed by atoms with van der Waals surface area (Å²) in [6.45, 7) is 4.53. The highest BCUT2D eigenvalue weighted by molar-refractivity contribution is 7.09. The van der Waals surface area contributed by atoms with Crippen LogP contribution in [0.2, 0.25) is 0 Å². The lowest BCUT2D eigenvalue weighted by atomic mass is 10.1. The Balaban J connectivity index is 2.61. The first-order valence-corrected chi connectivity index (χ1v) is 6.16. The second-order valence-corrected chi connectivity index (χ2v) is 4.42. The fourth-order valence-corrected chi connectivity index (χ4v) is 2.06. The summed E-state index contributed by atoms with van der Waals surface area (Å²) in [7, 11) is 0. The molecule has 0 radical (unpaired) electrons. The largest absolute Gasteiger partial charge is 0.355 e. The van der Waals surface area contributed by atoms with Gasteiger partial charge in [0, 0.05) is 17.6 Å². The van der Waals surface area contributed by atoms with Gasteiger partial charge in [-0.15, -0.1) is 11.3 Å². The van der Waals surface area contributed by atoms with E-state index < -0.39 is 5.92 Å². The molecule has 0 aliphatic heterocycles. The summed E-state index contributed by atoms with van der Waals surface area (Å²) in [6.07, 6.45) is 1.95. The molecule has 1 aromatic heterocycles. The van der Waals surface area contributed by atoms with Crippen LogP contribution in [-0.2, 0) is 4.79 Å². The van der Waals surface area contributed by atoms with Crippen molar-refractivity contribution in [2.45, 2.75) is 32.6 Å². The van der Waals surface area contributed by atoms with Crippen molar-refractivity contribution >= 4 is 17.2 Å². The molecule has 5 heteroatoms. The molecule has 0 aliphatic carbocycles. The van der Waals surface area contributed by atoms with Gasteiger partial charge in [-0.2, -0.15) is 5.26 Å². The summed E-state index contributed by atoms with van der Waals surface area (Å²) < 4.78 is 0. The van der Waals surface area contributed by atoms with Crippen molar-refractivity contribution in [1.29, 1.82) is 5.26 Å².